The van der Waals surface area contributed by atoms with Crippen LogP contribution in [0.5, 0.6) is 0 Å². The Hall–Kier alpha value is -2.14. The summed E-state index contributed by atoms with van der Waals surface area (Å²) < 4.78 is 36.4. The van der Waals surface area contributed by atoms with Crippen molar-refractivity contribution in [1.29, 1.82) is 0 Å². The van der Waals surface area contributed by atoms with Crippen molar-refractivity contribution in [2.45, 2.75) is 4.90 Å². The lowest BCUT2D eigenvalue weighted by Gasteiger charge is -2.26. The molecule has 11 heteroatoms. The van der Waals surface area contributed by atoms with E-state index < -0.39 is 16.1 Å². The van der Waals surface area contributed by atoms with E-state index in [1.807, 2.05) is 0 Å². The number of nitrogens with one attached hydrogen (secondary N) is 2. The number of amides is 2. The first-order valence-electron chi connectivity index (χ1n) is 7.32. The van der Waals surface area contributed by atoms with E-state index in [0.717, 1.165) is 0 Å². The number of rotatable bonds is 4. The van der Waals surface area contributed by atoms with Gasteiger partial charge in [-0.15, -0.1) is 0 Å². The Labute approximate surface area is 148 Å². The van der Waals surface area contributed by atoms with Crippen LogP contribution in [0, 0.1) is 0 Å². The van der Waals surface area contributed by atoms with Crippen LogP contribution in [0.3, 0.4) is 0 Å². The highest BCUT2D eigenvalue weighted by Gasteiger charge is 2.27. The molecule has 0 bridgehead atoms. The molecule has 2 N–H and O–H groups in total. The molecule has 0 saturated carbocycles. The van der Waals surface area contributed by atoms with Gasteiger partial charge < -0.3 is 14.6 Å². The highest BCUT2D eigenvalue weighted by molar-refractivity contribution is 7.89. The fourth-order valence-electron chi connectivity index (χ4n) is 2.24. The van der Waals surface area contributed by atoms with Gasteiger partial charge in [-0.3, -0.25) is 5.32 Å². The number of ether oxygens (including phenoxy) is 1. The highest BCUT2D eigenvalue weighted by Crippen LogP contribution is 2.27. The smallest absolute Gasteiger partial charge is 0.324 e. The molecule has 1 aromatic carbocycles. The van der Waals surface area contributed by atoms with E-state index in [1.54, 1.807) is 0 Å². The number of carbonyl (C=O) groups is 1. The quantitative estimate of drug-likeness (QED) is 0.830. The van der Waals surface area contributed by atoms with Gasteiger partial charge in [0.2, 0.25) is 10.0 Å². The Morgan fingerprint density at radius 2 is 1.96 bits per heavy atom. The molecule has 3 rings (SSSR count). The molecule has 2 amide bonds. The van der Waals surface area contributed by atoms with Gasteiger partial charge in [-0.1, -0.05) is 16.8 Å². The van der Waals surface area contributed by atoms with Gasteiger partial charge in [-0.2, -0.15) is 4.31 Å². The van der Waals surface area contributed by atoms with Gasteiger partial charge in [-0.05, 0) is 18.2 Å². The van der Waals surface area contributed by atoms with E-state index in [-0.39, 0.29) is 34.5 Å². The third-order valence-electron chi connectivity index (χ3n) is 3.47. The summed E-state index contributed by atoms with van der Waals surface area (Å²) in [6.45, 7) is 1.25. The lowest BCUT2D eigenvalue weighted by Crippen LogP contribution is -2.40. The van der Waals surface area contributed by atoms with Crippen LogP contribution in [0.25, 0.3) is 0 Å². The van der Waals surface area contributed by atoms with Gasteiger partial charge in [-0.25, -0.2) is 13.2 Å². The Balaban J connectivity index is 1.79. The number of sulfonamides is 1. The summed E-state index contributed by atoms with van der Waals surface area (Å²) in [6.07, 6.45) is 1.30. The molecule has 1 fully saturated rings. The molecular weight excluding hydrogens is 372 g/mol. The molecule has 0 radical (unpaired) electrons. The van der Waals surface area contributed by atoms with Crippen LogP contribution >= 0.6 is 11.6 Å². The molecule has 1 aromatic heterocycles. The molecule has 0 spiro atoms. The van der Waals surface area contributed by atoms with Crippen molar-refractivity contribution in [3.8, 4) is 0 Å². The van der Waals surface area contributed by atoms with Crippen molar-refractivity contribution in [3.05, 3.63) is 35.6 Å². The number of morpholine rings is 1. The minimum absolute atomic E-state index is 0.0375. The number of carbonyl (C=O) groups excluding carboxylic acids is 1. The SMILES string of the molecule is O=C(Nc1ccon1)Nc1cc(S(=O)(=O)N2CCOCC2)ccc1Cl. The summed E-state index contributed by atoms with van der Waals surface area (Å²) in [7, 11) is -3.69. The van der Waals surface area contributed by atoms with E-state index in [1.165, 1.54) is 34.8 Å². The first-order valence-corrected chi connectivity index (χ1v) is 9.14. The lowest BCUT2D eigenvalue weighted by molar-refractivity contribution is 0.0730. The predicted octanol–water partition coefficient (Wildman–Crippen LogP) is 1.99. The number of anilines is 2. The maximum absolute atomic E-state index is 12.7. The fourth-order valence-corrected chi connectivity index (χ4v) is 3.84. The van der Waals surface area contributed by atoms with E-state index in [0.29, 0.717) is 13.2 Å². The molecule has 0 atom stereocenters. The first kappa shape index (κ1) is 17.7. The Bertz CT molecular complexity index is 850. The van der Waals surface area contributed by atoms with Crippen molar-refractivity contribution in [2.75, 3.05) is 36.9 Å². The zero-order valence-electron chi connectivity index (χ0n) is 12.9. The van der Waals surface area contributed by atoms with Crippen LogP contribution in [-0.4, -0.2) is 50.2 Å². The molecule has 2 aromatic rings. The molecule has 0 aliphatic carbocycles. The fraction of sp³-hybridized carbons (Fsp3) is 0.286. The monoisotopic (exact) mass is 386 g/mol. The molecule has 1 aliphatic rings. The van der Waals surface area contributed by atoms with Gasteiger partial charge in [0.1, 0.15) is 6.26 Å². The molecule has 134 valence electrons. The van der Waals surface area contributed by atoms with Crippen LogP contribution in [0.4, 0.5) is 16.3 Å². The van der Waals surface area contributed by atoms with Crippen molar-refractivity contribution >= 4 is 39.2 Å². The second-order valence-electron chi connectivity index (χ2n) is 5.12. The third-order valence-corrected chi connectivity index (χ3v) is 5.70. The number of nitrogens with zero attached hydrogens (tertiary/aromatic N) is 2. The molecule has 25 heavy (non-hydrogen) atoms. The van der Waals surface area contributed by atoms with Crippen molar-refractivity contribution in [1.82, 2.24) is 9.46 Å². The van der Waals surface area contributed by atoms with Gasteiger partial charge in [0.15, 0.2) is 5.82 Å². The Morgan fingerprint density at radius 3 is 2.64 bits per heavy atom. The maximum Gasteiger partial charge on any atom is 0.324 e. The molecule has 1 aliphatic heterocycles. The minimum Gasteiger partial charge on any atom is -0.379 e. The van der Waals surface area contributed by atoms with Crippen LogP contribution in [0.1, 0.15) is 0 Å². The summed E-state index contributed by atoms with van der Waals surface area (Å²) >= 11 is 6.05. The summed E-state index contributed by atoms with van der Waals surface area (Å²) in [5, 5.41) is 8.67. The van der Waals surface area contributed by atoms with Crippen LogP contribution in [0.15, 0.2) is 39.9 Å². The predicted molar refractivity (Wildman–Crippen MR) is 90.2 cm³/mol. The van der Waals surface area contributed by atoms with Crippen molar-refractivity contribution in [3.63, 3.8) is 0 Å². The first-order chi connectivity index (χ1) is 12.0. The zero-order valence-corrected chi connectivity index (χ0v) is 14.5. The second kappa shape index (κ2) is 7.40. The molecule has 9 nitrogen and oxygen atoms in total. The summed E-state index contributed by atoms with van der Waals surface area (Å²) in [5.41, 5.74) is 0.164. The number of halogens is 1. The Morgan fingerprint density at radius 1 is 1.20 bits per heavy atom. The summed E-state index contributed by atoms with van der Waals surface area (Å²) in [4.78, 5) is 12.0. The standard InChI is InChI=1S/C14H15ClN4O5S/c15-11-2-1-10(25(21,22)19-4-7-23-8-5-19)9-12(11)16-14(20)17-13-3-6-24-18-13/h1-3,6,9H,4-5,7-8H2,(H2,16,17,18,20). The van der Waals surface area contributed by atoms with Gasteiger partial charge >= 0.3 is 6.03 Å². The second-order valence-corrected chi connectivity index (χ2v) is 7.47. The molecule has 0 unspecified atom stereocenters. The van der Waals surface area contributed by atoms with Crippen molar-refractivity contribution in [2.24, 2.45) is 0 Å². The normalized spacial score (nSPS) is 15.7. The van der Waals surface area contributed by atoms with Crippen LogP contribution < -0.4 is 10.6 Å². The number of hydrogen-bond donors (Lipinski definition) is 2. The lowest BCUT2D eigenvalue weighted by atomic mass is 10.3. The van der Waals surface area contributed by atoms with E-state index >= 15 is 0 Å². The van der Waals surface area contributed by atoms with Gasteiger partial charge in [0.05, 0.1) is 28.8 Å². The number of hydrogen-bond acceptors (Lipinski definition) is 6. The van der Waals surface area contributed by atoms with E-state index in [4.69, 9.17) is 16.3 Å². The number of aromatic nitrogens is 1. The Kier molecular flexibility index (Phi) is 5.23. The highest BCUT2D eigenvalue weighted by atomic mass is 35.5. The number of benzene rings is 1. The van der Waals surface area contributed by atoms with Crippen LogP contribution in [0.2, 0.25) is 5.02 Å². The summed E-state index contributed by atoms with van der Waals surface area (Å²) in [5.74, 6) is 0.214. The summed E-state index contributed by atoms with van der Waals surface area (Å²) in [6, 6.07) is 4.96. The topological polar surface area (TPSA) is 114 Å². The maximum atomic E-state index is 12.7. The molecular formula is C14H15ClN4O5S. The number of urea groups is 1. The van der Waals surface area contributed by atoms with E-state index in [2.05, 4.69) is 20.3 Å². The van der Waals surface area contributed by atoms with Crippen LogP contribution in [-0.2, 0) is 14.8 Å². The largest absolute Gasteiger partial charge is 0.379 e. The van der Waals surface area contributed by atoms with Crippen molar-refractivity contribution < 1.29 is 22.5 Å². The molecule has 2 heterocycles. The average Bonchev–Trinajstić information content (AvgIpc) is 3.10. The minimum atomic E-state index is -3.69. The third kappa shape index (κ3) is 4.10. The molecule has 1 saturated heterocycles. The van der Waals surface area contributed by atoms with E-state index in [9.17, 15) is 13.2 Å². The average molecular weight is 387 g/mol. The zero-order chi connectivity index (χ0) is 17.9. The van der Waals surface area contributed by atoms with Gasteiger partial charge in [0, 0.05) is 19.2 Å². The van der Waals surface area contributed by atoms with Gasteiger partial charge in [0.25, 0.3) is 0 Å².